The Morgan fingerprint density at radius 3 is 2.13 bits per heavy atom. The highest BCUT2D eigenvalue weighted by Gasteiger charge is 2.36. The molecule has 0 radical (unpaired) electrons. The van der Waals surface area contributed by atoms with Gasteiger partial charge in [0.2, 0.25) is 17.7 Å². The molecule has 3 aromatic carbocycles. The second-order valence-corrected chi connectivity index (χ2v) is 17.4. The summed E-state index contributed by atoms with van der Waals surface area (Å²) in [5.41, 5.74) is 10.2. The van der Waals surface area contributed by atoms with Crippen LogP contribution in [-0.4, -0.2) is 86.3 Å². The summed E-state index contributed by atoms with van der Waals surface area (Å²) in [5.74, 6) is 0.793. The summed E-state index contributed by atoms with van der Waals surface area (Å²) in [7, 11) is 1.29. The Morgan fingerprint density at radius 1 is 0.833 bits per heavy atom. The van der Waals surface area contributed by atoms with Gasteiger partial charge in [-0.25, -0.2) is 14.8 Å². The largest absolute Gasteiger partial charge is 0.453 e. The lowest BCUT2D eigenvalue weighted by Gasteiger charge is -2.29. The summed E-state index contributed by atoms with van der Waals surface area (Å²) in [5, 5.41) is 9.76. The van der Waals surface area contributed by atoms with E-state index in [4.69, 9.17) is 14.7 Å². The first-order valence-electron chi connectivity index (χ1n) is 20.0. The molecule has 1 saturated heterocycles. The highest BCUT2D eigenvalue weighted by Crippen LogP contribution is 2.45. The summed E-state index contributed by atoms with van der Waals surface area (Å²) in [6.45, 7) is 6.26. The van der Waals surface area contributed by atoms with Gasteiger partial charge in [-0.1, -0.05) is 62.4 Å². The second-order valence-electron chi connectivity index (χ2n) is 15.6. The number of aromatic amines is 2. The molecule has 4 N–H and O–H groups in total. The molecule has 4 aromatic heterocycles. The number of carbonyl (C=O) groups excluding carboxylic acids is 4. The fourth-order valence-electron chi connectivity index (χ4n) is 8.28. The van der Waals surface area contributed by atoms with Gasteiger partial charge in [-0.3, -0.25) is 14.4 Å². The molecule has 2 aliphatic heterocycles. The maximum atomic E-state index is 13.6. The van der Waals surface area contributed by atoms with Crippen molar-refractivity contribution in [3.63, 3.8) is 0 Å². The van der Waals surface area contributed by atoms with Crippen molar-refractivity contribution in [3.8, 4) is 33.4 Å². The van der Waals surface area contributed by atoms with Crippen LogP contribution in [0.3, 0.4) is 0 Å². The fraction of sp³-hybridized carbons (Fsp3) is 0.289. The molecule has 0 aliphatic carbocycles. The van der Waals surface area contributed by atoms with E-state index in [1.165, 1.54) is 29.0 Å². The highest BCUT2D eigenvalue weighted by molar-refractivity contribution is 7.27. The number of amides is 4. The summed E-state index contributed by atoms with van der Waals surface area (Å²) < 4.78 is 7.24. The van der Waals surface area contributed by atoms with Crippen LogP contribution in [0.4, 0.5) is 4.79 Å². The first-order chi connectivity index (χ1) is 29.1. The SMILES string of the molecule is COC(=O)NC(C(=O)N1CC=CC1c1nc2ccc(-c3csc4c(-c5ccc(-c6ccc7nc(C8CCCN8C(=O)CNC(C)=O)[nH]c7c6)cc5)csc34)cc2[nH]1)C(C)C. The highest BCUT2D eigenvalue weighted by atomic mass is 32.1. The molecular formula is C45H44N8O5S2. The van der Waals surface area contributed by atoms with Crippen molar-refractivity contribution in [1.29, 1.82) is 0 Å². The lowest BCUT2D eigenvalue weighted by atomic mass is 10.0. The van der Waals surface area contributed by atoms with Gasteiger partial charge in [0.15, 0.2) is 0 Å². The van der Waals surface area contributed by atoms with E-state index in [0.29, 0.717) is 18.9 Å². The Labute approximate surface area is 353 Å². The molecule has 0 saturated carbocycles. The van der Waals surface area contributed by atoms with Gasteiger partial charge in [0, 0.05) is 41.9 Å². The lowest BCUT2D eigenvalue weighted by molar-refractivity contribution is -0.135. The number of thiophene rings is 2. The molecule has 13 nitrogen and oxygen atoms in total. The summed E-state index contributed by atoms with van der Waals surface area (Å²) in [6, 6.07) is 19.9. The summed E-state index contributed by atoms with van der Waals surface area (Å²) >= 11 is 3.48. The number of nitrogens with one attached hydrogen (secondary N) is 4. The smallest absolute Gasteiger partial charge is 0.407 e. The molecule has 1 fully saturated rings. The molecule has 0 bridgehead atoms. The van der Waals surface area contributed by atoms with Crippen LogP contribution in [-0.2, 0) is 19.1 Å². The minimum absolute atomic E-state index is 0.00896. The average molecular weight is 841 g/mol. The molecule has 3 unspecified atom stereocenters. The maximum absolute atomic E-state index is 13.6. The third-order valence-electron chi connectivity index (χ3n) is 11.4. The van der Waals surface area contributed by atoms with Gasteiger partial charge in [-0.15, -0.1) is 22.7 Å². The van der Waals surface area contributed by atoms with Crippen LogP contribution in [0.5, 0.6) is 0 Å². The first-order valence-corrected chi connectivity index (χ1v) is 21.8. The van der Waals surface area contributed by atoms with Gasteiger partial charge in [0.1, 0.15) is 23.7 Å². The number of hydrogen-bond donors (Lipinski definition) is 4. The van der Waals surface area contributed by atoms with Crippen molar-refractivity contribution in [2.45, 2.75) is 51.7 Å². The molecule has 7 aromatic rings. The van der Waals surface area contributed by atoms with Crippen LogP contribution in [0.15, 0.2) is 83.6 Å². The number of likely N-dealkylation sites (tertiary alicyclic amines) is 1. The molecule has 60 heavy (non-hydrogen) atoms. The minimum Gasteiger partial charge on any atom is -0.453 e. The third-order valence-corrected chi connectivity index (χ3v) is 13.6. The van der Waals surface area contributed by atoms with Crippen LogP contribution in [0.25, 0.3) is 64.8 Å². The molecule has 6 heterocycles. The number of ether oxygens (including phenoxy) is 1. The van der Waals surface area contributed by atoms with E-state index in [0.717, 1.165) is 68.6 Å². The molecule has 4 amide bonds. The predicted molar refractivity (Wildman–Crippen MR) is 235 cm³/mol. The number of imidazole rings is 2. The Hall–Kier alpha value is -6.32. The maximum Gasteiger partial charge on any atom is 0.407 e. The number of fused-ring (bicyclic) bond motifs is 3. The number of rotatable bonds is 10. The molecule has 15 heteroatoms. The van der Waals surface area contributed by atoms with Crippen LogP contribution < -0.4 is 10.6 Å². The molecular weight excluding hydrogens is 797 g/mol. The van der Waals surface area contributed by atoms with Crippen LogP contribution >= 0.6 is 22.7 Å². The monoisotopic (exact) mass is 840 g/mol. The second kappa shape index (κ2) is 16.0. The van der Waals surface area contributed by atoms with Crippen molar-refractivity contribution in [1.82, 2.24) is 40.4 Å². The lowest BCUT2D eigenvalue weighted by Crippen LogP contribution is -2.51. The summed E-state index contributed by atoms with van der Waals surface area (Å²) in [4.78, 5) is 70.1. The minimum atomic E-state index is -0.726. The normalized spacial score (nSPS) is 17.0. The standard InChI is InChI=1S/C45H44N8O5S2/c1-24(2)39(51-45(57)58-4)44(56)53-18-6-8-37(53)43-48-33-16-14-29(20-35(33)50-43)31-23-60-40-30(22-59-41(31)40)27-11-9-26(10-12-27)28-13-15-32-34(19-28)49-42(47-32)36-7-5-17-52(36)38(55)21-46-25(3)54/h6,8-16,19-20,22-24,36-37,39H,5,7,17-18,21H2,1-4H3,(H,46,54)(H,47,49)(H,48,50)(H,51,57). The number of hydrogen-bond acceptors (Lipinski definition) is 9. The zero-order valence-electron chi connectivity index (χ0n) is 33.6. The Kier molecular flexibility index (Phi) is 10.5. The van der Waals surface area contributed by atoms with E-state index in [2.05, 4.69) is 79.9 Å². The Balaban J connectivity index is 0.917. The molecule has 306 valence electrons. The van der Waals surface area contributed by atoms with E-state index in [9.17, 15) is 19.2 Å². The number of aromatic nitrogens is 4. The third kappa shape index (κ3) is 7.32. The number of alkyl carbamates (subject to hydrolysis) is 1. The Bertz CT molecular complexity index is 2820. The quantitative estimate of drug-likeness (QED) is 0.101. The number of benzene rings is 3. The van der Waals surface area contributed by atoms with Gasteiger partial charge in [-0.05, 0) is 65.3 Å². The van der Waals surface area contributed by atoms with Crippen molar-refractivity contribution in [2.24, 2.45) is 5.92 Å². The first kappa shape index (κ1) is 39.2. The fourth-order valence-corrected chi connectivity index (χ4v) is 10.7. The zero-order valence-corrected chi connectivity index (χ0v) is 35.2. The number of nitrogens with zero attached hydrogens (tertiary/aromatic N) is 4. The van der Waals surface area contributed by atoms with Crippen molar-refractivity contribution < 1.29 is 23.9 Å². The zero-order chi connectivity index (χ0) is 41.7. The average Bonchev–Trinajstić information content (AvgIpc) is 4.11. The topological polar surface area (TPSA) is 165 Å². The van der Waals surface area contributed by atoms with Gasteiger partial charge in [-0.2, -0.15) is 0 Å². The van der Waals surface area contributed by atoms with Crippen molar-refractivity contribution >= 4 is 78.0 Å². The van der Waals surface area contributed by atoms with E-state index in [1.807, 2.05) is 43.0 Å². The van der Waals surface area contributed by atoms with E-state index in [-0.39, 0.29) is 42.3 Å². The molecule has 3 atom stereocenters. The Morgan fingerprint density at radius 2 is 1.45 bits per heavy atom. The molecule has 2 aliphatic rings. The molecule has 9 rings (SSSR count). The van der Waals surface area contributed by atoms with Crippen LogP contribution in [0, 0.1) is 5.92 Å². The van der Waals surface area contributed by atoms with Crippen molar-refractivity contribution in [2.75, 3.05) is 26.7 Å². The van der Waals surface area contributed by atoms with Crippen LogP contribution in [0.1, 0.15) is 57.3 Å². The van der Waals surface area contributed by atoms with E-state index in [1.54, 1.807) is 27.6 Å². The summed E-state index contributed by atoms with van der Waals surface area (Å²) in [6.07, 6.45) is 4.99. The van der Waals surface area contributed by atoms with Crippen molar-refractivity contribution in [3.05, 3.63) is 95.2 Å². The van der Waals surface area contributed by atoms with Gasteiger partial charge in [0.25, 0.3) is 0 Å². The van der Waals surface area contributed by atoms with Crippen LogP contribution in [0.2, 0.25) is 0 Å². The number of carbonyl (C=O) groups is 4. The molecule has 0 spiro atoms. The number of H-pyrrole nitrogens is 2. The van der Waals surface area contributed by atoms with Gasteiger partial charge >= 0.3 is 6.09 Å². The predicted octanol–water partition coefficient (Wildman–Crippen LogP) is 8.34. The van der Waals surface area contributed by atoms with Gasteiger partial charge < -0.3 is 35.1 Å². The number of methoxy groups -OCH3 is 1. The van der Waals surface area contributed by atoms with E-state index >= 15 is 0 Å². The van der Waals surface area contributed by atoms with E-state index < -0.39 is 12.1 Å². The van der Waals surface area contributed by atoms with Gasteiger partial charge in [0.05, 0.1) is 51.2 Å².